The molecular formula is C82H64N6. The first kappa shape index (κ1) is 53.9. The van der Waals surface area contributed by atoms with E-state index in [-0.39, 0.29) is 0 Å². The molecule has 0 spiro atoms. The molecule has 4 heterocycles. The fraction of sp³-hybridized carbons (Fsp3) is 0.0976. The van der Waals surface area contributed by atoms with Gasteiger partial charge in [0.25, 0.3) is 0 Å². The second kappa shape index (κ2) is 21.6. The van der Waals surface area contributed by atoms with Crippen LogP contribution in [0, 0.1) is 55.4 Å². The topological polar surface area (TPSA) is 61.4 Å². The van der Waals surface area contributed by atoms with Gasteiger partial charge in [-0.15, -0.1) is 0 Å². The maximum atomic E-state index is 5.33. The van der Waals surface area contributed by atoms with Crippen molar-refractivity contribution in [3.63, 3.8) is 0 Å². The second-order valence-corrected chi connectivity index (χ2v) is 24.3. The summed E-state index contributed by atoms with van der Waals surface area (Å²) in [6.45, 7) is 17.5. The predicted octanol–water partition coefficient (Wildman–Crippen LogP) is 21.3. The molecule has 0 atom stereocenters. The van der Waals surface area contributed by atoms with Crippen LogP contribution in [-0.4, -0.2) is 29.1 Å². The van der Waals surface area contributed by atoms with Gasteiger partial charge < -0.3 is 9.13 Å². The summed E-state index contributed by atoms with van der Waals surface area (Å²) in [5.74, 6) is 1.79. The number of pyridine rings is 1. The smallest absolute Gasteiger partial charge is 0.164 e. The molecule has 88 heavy (non-hydrogen) atoms. The number of fused-ring (bicyclic) bond motifs is 6. The van der Waals surface area contributed by atoms with Crippen LogP contribution in [0.5, 0.6) is 0 Å². The summed E-state index contributed by atoms with van der Waals surface area (Å²) in [6, 6.07) is 84.7. The molecule has 6 nitrogen and oxygen atoms in total. The largest absolute Gasteiger partial charge is 0.309 e. The van der Waals surface area contributed by atoms with Gasteiger partial charge in [-0.05, 0) is 161 Å². The SMILES string of the molecule is Cc1cc(C)cc(-c2ccc3c(c2)c2cc(-c4cc(C)cc(C)c4)ccc2n3-c2cnccc2-c2ccc(-c3nc(-c4ccccc4)nc(-c4ccccc4)n3)cc2-n2c3ccc(-c4cc(C)cc(C)c4)cc3c3cc(-c4cc(C)cc(C)c4)ccc32)c1. The molecule has 6 heteroatoms. The lowest BCUT2D eigenvalue weighted by molar-refractivity contribution is 1.07. The Hall–Kier alpha value is -10.8. The summed E-state index contributed by atoms with van der Waals surface area (Å²) in [4.78, 5) is 20.8. The Kier molecular flexibility index (Phi) is 13.2. The van der Waals surface area contributed by atoms with Crippen molar-refractivity contribution in [2.24, 2.45) is 0 Å². The first-order chi connectivity index (χ1) is 42.8. The summed E-state index contributed by atoms with van der Waals surface area (Å²) < 4.78 is 4.91. The summed E-state index contributed by atoms with van der Waals surface area (Å²) in [7, 11) is 0. The molecule has 15 aromatic rings. The second-order valence-electron chi connectivity index (χ2n) is 24.3. The summed E-state index contributed by atoms with van der Waals surface area (Å²) in [5.41, 5.74) is 30.4. The highest BCUT2D eigenvalue weighted by molar-refractivity contribution is 6.14. The van der Waals surface area contributed by atoms with E-state index in [0.29, 0.717) is 17.5 Å². The number of hydrogen-bond acceptors (Lipinski definition) is 4. The van der Waals surface area contributed by atoms with Gasteiger partial charge in [-0.25, -0.2) is 15.0 Å². The molecule has 4 aromatic heterocycles. The number of aryl methyl sites for hydroxylation is 8. The Morgan fingerprint density at radius 2 is 0.545 bits per heavy atom. The van der Waals surface area contributed by atoms with Crippen LogP contribution in [0.4, 0.5) is 0 Å². The van der Waals surface area contributed by atoms with Crippen LogP contribution < -0.4 is 0 Å². The Bertz CT molecular complexity index is 4940. The van der Waals surface area contributed by atoms with Crippen LogP contribution in [0.15, 0.2) is 243 Å². The fourth-order valence-corrected chi connectivity index (χ4v) is 13.7. The molecule has 0 aliphatic rings. The van der Waals surface area contributed by atoms with E-state index in [1.54, 1.807) is 0 Å². The van der Waals surface area contributed by atoms with Crippen molar-refractivity contribution in [2.45, 2.75) is 55.4 Å². The van der Waals surface area contributed by atoms with Gasteiger partial charge in [0.05, 0.1) is 39.6 Å². The van der Waals surface area contributed by atoms with E-state index in [1.165, 1.54) is 99.8 Å². The van der Waals surface area contributed by atoms with E-state index in [4.69, 9.17) is 19.9 Å². The van der Waals surface area contributed by atoms with Crippen LogP contribution in [0.1, 0.15) is 44.5 Å². The maximum Gasteiger partial charge on any atom is 0.164 e. The van der Waals surface area contributed by atoms with Crippen molar-refractivity contribution in [2.75, 3.05) is 0 Å². The van der Waals surface area contributed by atoms with E-state index in [2.05, 4.69) is 259 Å². The average molecular weight is 1130 g/mol. The van der Waals surface area contributed by atoms with E-state index >= 15 is 0 Å². The van der Waals surface area contributed by atoms with E-state index in [0.717, 1.165) is 72.0 Å². The molecule has 0 aliphatic heterocycles. The summed E-state index contributed by atoms with van der Waals surface area (Å²) >= 11 is 0. The average Bonchev–Trinajstić information content (AvgIpc) is 2.90. The predicted molar refractivity (Wildman–Crippen MR) is 368 cm³/mol. The van der Waals surface area contributed by atoms with Crippen molar-refractivity contribution in [1.82, 2.24) is 29.1 Å². The minimum Gasteiger partial charge on any atom is -0.309 e. The van der Waals surface area contributed by atoms with Gasteiger partial charge in [0, 0.05) is 55.6 Å². The monoisotopic (exact) mass is 1130 g/mol. The van der Waals surface area contributed by atoms with E-state index < -0.39 is 0 Å². The molecule has 0 N–H and O–H groups in total. The van der Waals surface area contributed by atoms with Gasteiger partial charge >= 0.3 is 0 Å². The van der Waals surface area contributed by atoms with Crippen LogP contribution >= 0.6 is 0 Å². The lowest BCUT2D eigenvalue weighted by Crippen LogP contribution is -2.04. The molecular weight excluding hydrogens is 1070 g/mol. The Morgan fingerprint density at radius 3 is 0.898 bits per heavy atom. The van der Waals surface area contributed by atoms with Gasteiger partial charge in [0.1, 0.15) is 0 Å². The Labute approximate surface area is 513 Å². The minimum atomic E-state index is 0.576. The Morgan fingerprint density at radius 1 is 0.239 bits per heavy atom. The molecule has 0 bridgehead atoms. The molecule has 422 valence electrons. The lowest BCUT2D eigenvalue weighted by atomic mass is 9.97. The standard InChI is InChI=1S/C82H64N6/c1-49-31-50(2)36-64(35-49)59-20-25-74-70(43-59)71-44-60(65-37-51(3)32-52(4)38-65)21-26-75(71)87(74)78-47-63(82-85-80(57-15-11-9-12-16-57)84-81(86-82)58-17-13-10-14-18-58)19-24-68(78)69-29-30-83-48-79(69)88-76-27-22-61(66-39-53(5)33-54(6)40-66)45-72(76)73-46-62(23-28-77(73)88)67-41-55(7)34-56(8)42-67/h9-48H,1-8H3. The molecule has 15 rings (SSSR count). The normalized spacial score (nSPS) is 11.6. The highest BCUT2D eigenvalue weighted by atomic mass is 15.0. The zero-order valence-electron chi connectivity index (χ0n) is 50.8. The molecule has 0 radical (unpaired) electrons. The van der Waals surface area contributed by atoms with Gasteiger partial charge in [0.2, 0.25) is 0 Å². The zero-order chi connectivity index (χ0) is 59.9. The molecule has 11 aromatic carbocycles. The third kappa shape index (κ3) is 9.83. The molecule has 0 saturated carbocycles. The van der Waals surface area contributed by atoms with Crippen molar-refractivity contribution in [3.05, 3.63) is 287 Å². The first-order valence-corrected chi connectivity index (χ1v) is 30.3. The third-order valence-electron chi connectivity index (χ3n) is 17.3. The molecule has 0 unspecified atom stereocenters. The molecule has 0 saturated heterocycles. The fourth-order valence-electron chi connectivity index (χ4n) is 13.7. The van der Waals surface area contributed by atoms with Crippen molar-refractivity contribution in [3.8, 4) is 101 Å². The molecule has 0 amide bonds. The van der Waals surface area contributed by atoms with Crippen molar-refractivity contribution < 1.29 is 0 Å². The van der Waals surface area contributed by atoms with Gasteiger partial charge in [-0.1, -0.05) is 214 Å². The van der Waals surface area contributed by atoms with Crippen LogP contribution in [0.3, 0.4) is 0 Å². The number of aromatic nitrogens is 6. The third-order valence-corrected chi connectivity index (χ3v) is 17.3. The lowest BCUT2D eigenvalue weighted by Gasteiger charge is -2.19. The maximum absolute atomic E-state index is 5.33. The number of nitrogens with zero attached hydrogens (tertiary/aromatic N) is 6. The summed E-state index contributed by atoms with van der Waals surface area (Å²) in [6.07, 6.45) is 3.98. The van der Waals surface area contributed by atoms with Gasteiger partial charge in [-0.2, -0.15) is 0 Å². The van der Waals surface area contributed by atoms with Crippen LogP contribution in [0.2, 0.25) is 0 Å². The Balaban J connectivity index is 1.02. The van der Waals surface area contributed by atoms with Crippen LogP contribution in [0.25, 0.3) is 145 Å². The van der Waals surface area contributed by atoms with Crippen molar-refractivity contribution in [1.29, 1.82) is 0 Å². The van der Waals surface area contributed by atoms with E-state index in [1.807, 2.05) is 48.8 Å². The molecule has 0 aliphatic carbocycles. The number of rotatable bonds is 10. The van der Waals surface area contributed by atoms with E-state index in [9.17, 15) is 0 Å². The number of hydrogen-bond donors (Lipinski definition) is 0. The zero-order valence-corrected chi connectivity index (χ0v) is 50.8. The van der Waals surface area contributed by atoms with Crippen LogP contribution in [-0.2, 0) is 0 Å². The molecule has 0 fully saturated rings. The highest BCUT2D eigenvalue weighted by Gasteiger charge is 2.24. The summed E-state index contributed by atoms with van der Waals surface area (Å²) in [5, 5.41) is 4.65. The van der Waals surface area contributed by atoms with Crippen molar-refractivity contribution >= 4 is 43.6 Å². The highest BCUT2D eigenvalue weighted by Crippen LogP contribution is 2.45. The van der Waals surface area contributed by atoms with Gasteiger partial charge in [-0.3, -0.25) is 4.98 Å². The minimum absolute atomic E-state index is 0.576. The quantitative estimate of drug-likeness (QED) is 0.137. The number of benzene rings is 11. The van der Waals surface area contributed by atoms with Gasteiger partial charge in [0.15, 0.2) is 17.5 Å². The first-order valence-electron chi connectivity index (χ1n) is 30.3.